The van der Waals surface area contributed by atoms with Gasteiger partial charge in [-0.25, -0.2) is 9.18 Å². The number of anilines is 1. The minimum absolute atomic E-state index is 0.0612. The molecule has 1 saturated heterocycles. The molecule has 3 amide bonds. The molecule has 0 radical (unpaired) electrons. The number of fused-ring (bicyclic) bond motifs is 2. The number of amides is 3. The van der Waals surface area contributed by atoms with Crippen molar-refractivity contribution in [3.05, 3.63) is 59.4 Å². The van der Waals surface area contributed by atoms with Crippen molar-refractivity contribution in [1.82, 2.24) is 10.2 Å². The van der Waals surface area contributed by atoms with E-state index in [9.17, 15) is 14.0 Å². The van der Waals surface area contributed by atoms with Gasteiger partial charge in [0.15, 0.2) is 0 Å². The van der Waals surface area contributed by atoms with Crippen LogP contribution in [0.25, 0.3) is 0 Å². The van der Waals surface area contributed by atoms with Gasteiger partial charge in [-0.15, -0.1) is 0 Å². The van der Waals surface area contributed by atoms with Crippen LogP contribution in [-0.4, -0.2) is 37.0 Å². The summed E-state index contributed by atoms with van der Waals surface area (Å²) in [6.07, 6.45) is 0.580. The number of methoxy groups -OCH3 is 1. The molecule has 27 heavy (non-hydrogen) atoms. The van der Waals surface area contributed by atoms with E-state index in [1.807, 2.05) is 24.3 Å². The fourth-order valence-corrected chi connectivity index (χ4v) is 3.89. The summed E-state index contributed by atoms with van der Waals surface area (Å²) in [6.45, 7) is 0.994. The van der Waals surface area contributed by atoms with Crippen molar-refractivity contribution in [2.24, 2.45) is 0 Å². The molecule has 1 atom stereocenters. The molecule has 4 rings (SSSR count). The average molecular weight is 369 g/mol. The smallest absolute Gasteiger partial charge is 0.317 e. The van der Waals surface area contributed by atoms with Crippen LogP contribution in [0.1, 0.15) is 17.5 Å². The van der Waals surface area contributed by atoms with Gasteiger partial charge in [-0.3, -0.25) is 4.79 Å². The van der Waals surface area contributed by atoms with Crippen LogP contribution >= 0.6 is 0 Å². The van der Waals surface area contributed by atoms with Gasteiger partial charge >= 0.3 is 6.03 Å². The highest BCUT2D eigenvalue weighted by molar-refractivity contribution is 6.07. The molecule has 1 fully saturated rings. The molecule has 6 nitrogen and oxygen atoms in total. The lowest BCUT2D eigenvalue weighted by molar-refractivity contribution is -0.120. The van der Waals surface area contributed by atoms with Gasteiger partial charge in [0.2, 0.25) is 5.91 Å². The topological polar surface area (TPSA) is 70.7 Å². The van der Waals surface area contributed by atoms with E-state index < -0.39 is 11.2 Å². The second-order valence-electron chi connectivity index (χ2n) is 6.91. The molecular formula is C20H20FN3O3. The van der Waals surface area contributed by atoms with Crippen molar-refractivity contribution >= 4 is 17.6 Å². The lowest BCUT2D eigenvalue weighted by Crippen LogP contribution is -2.42. The Morgan fingerprint density at radius 1 is 1.33 bits per heavy atom. The number of nitrogens with zero attached hydrogens (tertiary/aromatic N) is 1. The number of carbonyl (C=O) groups excluding carboxylic acids is 2. The Kier molecular flexibility index (Phi) is 4.22. The van der Waals surface area contributed by atoms with Gasteiger partial charge in [-0.1, -0.05) is 18.2 Å². The monoisotopic (exact) mass is 369 g/mol. The highest BCUT2D eigenvalue weighted by Gasteiger charge is 2.51. The van der Waals surface area contributed by atoms with Crippen LogP contribution in [0.3, 0.4) is 0 Å². The number of halogens is 1. The van der Waals surface area contributed by atoms with Crippen molar-refractivity contribution in [2.75, 3.05) is 25.5 Å². The summed E-state index contributed by atoms with van der Waals surface area (Å²) in [6, 6.07) is 11.6. The fraction of sp³-hybridized carbons (Fsp3) is 0.300. The van der Waals surface area contributed by atoms with Crippen molar-refractivity contribution < 1.29 is 18.7 Å². The average Bonchev–Trinajstić information content (AvgIpc) is 3.23. The number of carbonyl (C=O) groups is 2. The lowest BCUT2D eigenvalue weighted by atomic mass is 9.81. The molecule has 7 heteroatoms. The van der Waals surface area contributed by atoms with Gasteiger partial charge in [0, 0.05) is 31.4 Å². The van der Waals surface area contributed by atoms with Gasteiger partial charge in [0.25, 0.3) is 0 Å². The number of benzene rings is 2. The van der Waals surface area contributed by atoms with Crippen LogP contribution in [-0.2, 0) is 16.8 Å². The molecule has 2 aromatic rings. The van der Waals surface area contributed by atoms with Crippen molar-refractivity contribution in [1.29, 1.82) is 0 Å². The molecule has 0 aliphatic carbocycles. The van der Waals surface area contributed by atoms with Crippen LogP contribution in [0.2, 0.25) is 0 Å². The van der Waals surface area contributed by atoms with Gasteiger partial charge in [0.05, 0.1) is 12.5 Å². The second-order valence-corrected chi connectivity index (χ2v) is 6.91. The van der Waals surface area contributed by atoms with E-state index in [2.05, 4.69) is 10.6 Å². The first-order valence-electron chi connectivity index (χ1n) is 8.79. The van der Waals surface area contributed by atoms with E-state index in [0.29, 0.717) is 30.8 Å². The standard InChI is InChI=1S/C20H20FN3O3/c1-27-15-9-13(8-14(21)10-15)11-22-19(26)24-7-6-20(12-24)16-4-2-3-5-17(16)23-18(20)25/h2-5,8-10H,6-7,11-12H2,1H3,(H,22,26)(H,23,25). The predicted molar refractivity (Wildman–Crippen MR) is 98.1 cm³/mol. The van der Waals surface area contributed by atoms with Crippen LogP contribution in [0, 0.1) is 5.82 Å². The Balaban J connectivity index is 1.45. The zero-order chi connectivity index (χ0) is 19.0. The van der Waals surface area contributed by atoms with Crippen LogP contribution < -0.4 is 15.4 Å². The Hall–Kier alpha value is -3.09. The number of hydrogen-bond donors (Lipinski definition) is 2. The van der Waals surface area contributed by atoms with Crippen LogP contribution in [0.5, 0.6) is 5.75 Å². The molecule has 0 saturated carbocycles. The number of rotatable bonds is 3. The van der Waals surface area contributed by atoms with Crippen molar-refractivity contribution in [3.8, 4) is 5.75 Å². The third-order valence-corrected chi connectivity index (χ3v) is 5.29. The highest BCUT2D eigenvalue weighted by Crippen LogP contribution is 2.43. The van der Waals surface area contributed by atoms with Crippen LogP contribution in [0.15, 0.2) is 42.5 Å². The first-order valence-corrected chi connectivity index (χ1v) is 8.79. The molecule has 1 unspecified atom stereocenters. The molecular weight excluding hydrogens is 349 g/mol. The molecule has 2 heterocycles. The zero-order valence-electron chi connectivity index (χ0n) is 14.9. The van der Waals surface area contributed by atoms with Crippen molar-refractivity contribution in [2.45, 2.75) is 18.4 Å². The number of nitrogens with one attached hydrogen (secondary N) is 2. The van der Waals surface area contributed by atoms with E-state index >= 15 is 0 Å². The predicted octanol–water partition coefficient (Wildman–Crippen LogP) is 2.64. The molecule has 140 valence electrons. The first kappa shape index (κ1) is 17.3. The summed E-state index contributed by atoms with van der Waals surface area (Å²) in [5.41, 5.74) is 1.69. The molecule has 1 spiro atoms. The van der Waals surface area contributed by atoms with Crippen LogP contribution in [0.4, 0.5) is 14.9 Å². The third-order valence-electron chi connectivity index (χ3n) is 5.29. The van der Waals surface area contributed by atoms with Gasteiger partial charge < -0.3 is 20.3 Å². The minimum Gasteiger partial charge on any atom is -0.497 e. The Bertz CT molecular complexity index is 917. The van der Waals surface area contributed by atoms with Gasteiger partial charge in [-0.05, 0) is 35.7 Å². The summed E-state index contributed by atoms with van der Waals surface area (Å²) in [5, 5.41) is 5.71. The minimum atomic E-state index is -0.685. The number of hydrogen-bond acceptors (Lipinski definition) is 3. The highest BCUT2D eigenvalue weighted by atomic mass is 19.1. The molecule has 2 aromatic carbocycles. The SMILES string of the molecule is COc1cc(F)cc(CNC(=O)N2CCC3(C2)C(=O)Nc2ccccc23)c1. The number of para-hydroxylation sites is 1. The number of ether oxygens (including phenoxy) is 1. The summed E-state index contributed by atoms with van der Waals surface area (Å²) >= 11 is 0. The summed E-state index contributed by atoms with van der Waals surface area (Å²) < 4.78 is 18.6. The summed E-state index contributed by atoms with van der Waals surface area (Å²) in [7, 11) is 1.46. The fourth-order valence-electron chi connectivity index (χ4n) is 3.89. The largest absolute Gasteiger partial charge is 0.497 e. The van der Waals surface area contributed by atoms with Gasteiger partial charge in [0.1, 0.15) is 11.6 Å². The van der Waals surface area contributed by atoms with E-state index in [1.165, 1.54) is 19.2 Å². The second kappa shape index (κ2) is 6.57. The molecule has 0 bridgehead atoms. The zero-order valence-corrected chi connectivity index (χ0v) is 14.9. The maximum absolute atomic E-state index is 13.6. The number of likely N-dealkylation sites (tertiary alicyclic amines) is 1. The summed E-state index contributed by atoms with van der Waals surface area (Å²) in [4.78, 5) is 26.8. The van der Waals surface area contributed by atoms with Crippen molar-refractivity contribution in [3.63, 3.8) is 0 Å². The maximum Gasteiger partial charge on any atom is 0.317 e. The van der Waals surface area contributed by atoms with E-state index in [1.54, 1.807) is 11.0 Å². The molecule has 2 aliphatic heterocycles. The lowest BCUT2D eigenvalue weighted by Gasteiger charge is -2.22. The first-order chi connectivity index (χ1) is 13.0. The molecule has 0 aromatic heterocycles. The Labute approximate surface area is 156 Å². The molecule has 2 N–H and O–H groups in total. The molecule has 2 aliphatic rings. The third kappa shape index (κ3) is 2.99. The van der Waals surface area contributed by atoms with Gasteiger partial charge in [-0.2, -0.15) is 0 Å². The van der Waals surface area contributed by atoms with E-state index in [4.69, 9.17) is 4.74 Å². The quantitative estimate of drug-likeness (QED) is 0.874. The van der Waals surface area contributed by atoms with E-state index in [0.717, 1.165) is 11.3 Å². The normalized spacial score (nSPS) is 20.5. The maximum atomic E-state index is 13.6. The number of urea groups is 1. The Morgan fingerprint density at radius 3 is 2.96 bits per heavy atom. The Morgan fingerprint density at radius 2 is 2.15 bits per heavy atom. The summed E-state index contributed by atoms with van der Waals surface area (Å²) in [5.74, 6) is -0.0783. The van der Waals surface area contributed by atoms with E-state index in [-0.39, 0.29) is 18.5 Å².